The zero-order chi connectivity index (χ0) is 22.8. The smallest absolute Gasteiger partial charge is 0.273 e. The maximum atomic E-state index is 13.2. The molecule has 0 aliphatic carbocycles. The molecule has 32 heavy (non-hydrogen) atoms. The van der Waals surface area contributed by atoms with Crippen molar-refractivity contribution in [1.29, 1.82) is 0 Å². The fraction of sp³-hybridized carbons (Fsp3) is 0.0800. The molecule has 3 aromatic carbocycles. The Morgan fingerprint density at radius 2 is 1.75 bits per heavy atom. The van der Waals surface area contributed by atoms with Crippen LogP contribution in [0.1, 0.15) is 22.3 Å². The van der Waals surface area contributed by atoms with Crippen LogP contribution in [-0.4, -0.2) is 17.8 Å². The number of aryl methyl sites for hydroxylation is 1. The van der Waals surface area contributed by atoms with Crippen molar-refractivity contribution in [2.75, 3.05) is 4.90 Å². The van der Waals surface area contributed by atoms with Gasteiger partial charge in [0.15, 0.2) is 0 Å². The maximum Gasteiger partial charge on any atom is 0.335 e. The monoisotopic (exact) mass is 508 g/mol. The summed E-state index contributed by atoms with van der Waals surface area (Å²) in [4.78, 5) is 39.2. The van der Waals surface area contributed by atoms with Gasteiger partial charge in [-0.3, -0.25) is 14.9 Å². The van der Waals surface area contributed by atoms with Crippen LogP contribution in [0.5, 0.6) is 0 Å². The molecule has 3 aromatic rings. The lowest BCUT2D eigenvalue weighted by Gasteiger charge is -2.26. The highest BCUT2D eigenvalue weighted by atomic mass is 79.9. The predicted molar refractivity (Wildman–Crippen MR) is 129 cm³/mol. The molecule has 0 atom stereocenters. The highest BCUT2D eigenvalue weighted by molar-refractivity contribution is 9.10. The average Bonchev–Trinajstić information content (AvgIpc) is 2.74. The van der Waals surface area contributed by atoms with Crippen LogP contribution in [0.3, 0.4) is 0 Å². The second-order valence-corrected chi connectivity index (χ2v) is 8.73. The molecule has 0 aromatic heterocycles. The van der Waals surface area contributed by atoms with E-state index in [1.54, 1.807) is 18.2 Å². The van der Waals surface area contributed by atoms with Crippen molar-refractivity contribution in [2.45, 2.75) is 13.3 Å². The quantitative estimate of drug-likeness (QED) is 0.364. The van der Waals surface area contributed by atoms with E-state index in [1.807, 2.05) is 55.5 Å². The van der Waals surface area contributed by atoms with Crippen LogP contribution in [0.4, 0.5) is 10.5 Å². The van der Waals surface area contributed by atoms with Crippen molar-refractivity contribution >= 4 is 57.1 Å². The molecule has 1 aliphatic heterocycles. The van der Waals surface area contributed by atoms with Crippen molar-refractivity contribution in [3.63, 3.8) is 0 Å². The number of rotatable bonds is 4. The molecule has 7 heteroatoms. The lowest BCUT2D eigenvalue weighted by molar-refractivity contribution is -0.122. The largest absolute Gasteiger partial charge is 0.335 e. The van der Waals surface area contributed by atoms with Gasteiger partial charge in [0.1, 0.15) is 5.57 Å². The number of benzene rings is 3. The second kappa shape index (κ2) is 9.10. The summed E-state index contributed by atoms with van der Waals surface area (Å²) in [5.74, 6) is -1.40. The summed E-state index contributed by atoms with van der Waals surface area (Å²) in [6.45, 7) is 1.86. The number of carbonyl (C=O) groups is 3. The van der Waals surface area contributed by atoms with E-state index in [1.165, 1.54) is 6.08 Å². The number of urea groups is 1. The van der Waals surface area contributed by atoms with Gasteiger partial charge in [0, 0.05) is 9.50 Å². The number of hydrogen-bond donors (Lipinski definition) is 1. The molecular weight excluding hydrogens is 492 g/mol. The van der Waals surface area contributed by atoms with Crippen LogP contribution < -0.4 is 10.2 Å². The van der Waals surface area contributed by atoms with E-state index in [-0.39, 0.29) is 5.57 Å². The van der Waals surface area contributed by atoms with Gasteiger partial charge in [0.25, 0.3) is 11.8 Å². The van der Waals surface area contributed by atoms with E-state index in [0.717, 1.165) is 26.1 Å². The fourth-order valence-corrected chi connectivity index (χ4v) is 4.10. The summed E-state index contributed by atoms with van der Waals surface area (Å²) in [7, 11) is 0. The highest BCUT2D eigenvalue weighted by Crippen LogP contribution is 2.27. The summed E-state index contributed by atoms with van der Waals surface area (Å²) < 4.78 is 0.794. The summed E-state index contributed by atoms with van der Waals surface area (Å²) in [6.07, 6.45) is 2.03. The fourth-order valence-electron chi connectivity index (χ4n) is 3.52. The Morgan fingerprint density at radius 1 is 0.969 bits per heavy atom. The molecule has 1 fully saturated rings. The predicted octanol–water partition coefficient (Wildman–Crippen LogP) is 5.67. The third-order valence-electron chi connectivity index (χ3n) is 5.11. The van der Waals surface area contributed by atoms with E-state index in [0.29, 0.717) is 22.7 Å². The van der Waals surface area contributed by atoms with Crippen molar-refractivity contribution < 1.29 is 14.4 Å². The lowest BCUT2D eigenvalue weighted by atomic mass is 9.97. The van der Waals surface area contributed by atoms with Gasteiger partial charge >= 0.3 is 6.03 Å². The molecule has 0 saturated carbocycles. The zero-order valence-electron chi connectivity index (χ0n) is 17.1. The molecule has 1 saturated heterocycles. The first kappa shape index (κ1) is 22.0. The molecule has 160 valence electrons. The molecule has 0 unspecified atom stereocenters. The summed E-state index contributed by atoms with van der Waals surface area (Å²) in [5.41, 5.74) is 3.65. The topological polar surface area (TPSA) is 66.5 Å². The van der Waals surface area contributed by atoms with Crippen LogP contribution in [0, 0.1) is 6.92 Å². The van der Waals surface area contributed by atoms with Crippen LogP contribution in [0.15, 0.2) is 76.8 Å². The maximum absolute atomic E-state index is 13.2. The number of carbonyl (C=O) groups excluding carboxylic acids is 3. The number of amides is 4. The number of nitrogens with zero attached hydrogens (tertiary/aromatic N) is 1. The Kier molecular flexibility index (Phi) is 6.26. The number of anilines is 1. The Balaban J connectivity index is 1.76. The first-order valence-electron chi connectivity index (χ1n) is 9.83. The molecule has 1 aliphatic rings. The molecule has 4 amide bonds. The van der Waals surface area contributed by atoms with E-state index in [4.69, 9.17) is 11.6 Å². The number of imide groups is 2. The third-order valence-corrected chi connectivity index (χ3v) is 5.97. The molecule has 0 spiro atoms. The molecule has 1 heterocycles. The zero-order valence-corrected chi connectivity index (χ0v) is 19.4. The van der Waals surface area contributed by atoms with E-state index in [9.17, 15) is 14.4 Å². The van der Waals surface area contributed by atoms with E-state index < -0.39 is 17.8 Å². The van der Waals surface area contributed by atoms with Gasteiger partial charge in [-0.15, -0.1) is 0 Å². The number of halogens is 2. The SMILES string of the molecule is Cc1cccc(N2C(=O)NC(=O)/C(=C\c3cc(Br)ccc3Cc3ccccc3Cl)C2=O)c1. The number of hydrogen-bond acceptors (Lipinski definition) is 3. The minimum absolute atomic E-state index is 0.121. The van der Waals surface area contributed by atoms with Crippen molar-refractivity contribution in [2.24, 2.45) is 0 Å². The average molecular weight is 510 g/mol. The highest BCUT2D eigenvalue weighted by Gasteiger charge is 2.37. The van der Waals surface area contributed by atoms with Gasteiger partial charge in [-0.2, -0.15) is 0 Å². The van der Waals surface area contributed by atoms with E-state index >= 15 is 0 Å². The Bertz CT molecular complexity index is 1290. The summed E-state index contributed by atoms with van der Waals surface area (Å²) in [5, 5.41) is 2.90. The Hall–Kier alpha value is -3.22. The number of barbiturate groups is 1. The molecule has 4 rings (SSSR count). The molecule has 0 radical (unpaired) electrons. The van der Waals surface area contributed by atoms with Gasteiger partial charge in [-0.25, -0.2) is 9.69 Å². The van der Waals surface area contributed by atoms with Crippen LogP contribution in [-0.2, 0) is 16.0 Å². The molecule has 5 nitrogen and oxygen atoms in total. The van der Waals surface area contributed by atoms with Crippen LogP contribution in [0.25, 0.3) is 6.08 Å². The van der Waals surface area contributed by atoms with Gasteiger partial charge in [0.05, 0.1) is 5.69 Å². The van der Waals surface area contributed by atoms with Gasteiger partial charge in [-0.05, 0) is 72.0 Å². The first-order valence-corrected chi connectivity index (χ1v) is 11.0. The first-order chi connectivity index (χ1) is 15.3. The molecule has 1 N–H and O–H groups in total. The standard InChI is InChI=1S/C25H18BrClN2O3/c1-15-5-4-7-20(11-15)29-24(31)21(23(30)28-25(29)32)14-18-13-19(26)10-9-16(18)12-17-6-2-3-8-22(17)27/h2-11,13-14H,12H2,1H3,(H,28,30,32)/b21-14+. The number of nitrogens with one attached hydrogen (secondary N) is 1. The van der Waals surface area contributed by atoms with Crippen molar-refractivity contribution in [3.05, 3.63) is 104 Å². The molecular formula is C25H18BrClN2O3. The van der Waals surface area contributed by atoms with Crippen molar-refractivity contribution in [1.82, 2.24) is 5.32 Å². The summed E-state index contributed by atoms with van der Waals surface area (Å²) >= 11 is 9.78. The van der Waals surface area contributed by atoms with Crippen LogP contribution in [0.2, 0.25) is 5.02 Å². The van der Waals surface area contributed by atoms with Gasteiger partial charge in [-0.1, -0.05) is 63.9 Å². The second-order valence-electron chi connectivity index (χ2n) is 7.41. The third kappa shape index (κ3) is 4.52. The lowest BCUT2D eigenvalue weighted by Crippen LogP contribution is -2.54. The minimum atomic E-state index is -0.770. The normalized spacial score (nSPS) is 15.3. The molecule has 0 bridgehead atoms. The van der Waals surface area contributed by atoms with Crippen LogP contribution >= 0.6 is 27.5 Å². The Morgan fingerprint density at radius 3 is 2.50 bits per heavy atom. The summed E-state index contributed by atoms with van der Waals surface area (Å²) in [6, 6.07) is 19.3. The van der Waals surface area contributed by atoms with Gasteiger partial charge in [0.2, 0.25) is 0 Å². The van der Waals surface area contributed by atoms with Crippen molar-refractivity contribution in [3.8, 4) is 0 Å². The minimum Gasteiger partial charge on any atom is -0.273 e. The Labute approximate surface area is 198 Å². The van der Waals surface area contributed by atoms with Gasteiger partial charge < -0.3 is 0 Å². The van der Waals surface area contributed by atoms with E-state index in [2.05, 4.69) is 21.2 Å².